The van der Waals surface area contributed by atoms with Gasteiger partial charge in [0.05, 0.1) is 16.3 Å². The van der Waals surface area contributed by atoms with Gasteiger partial charge in [0, 0.05) is 23.0 Å². The van der Waals surface area contributed by atoms with E-state index in [1.165, 1.54) is 30.0 Å². The average Bonchev–Trinajstić information content (AvgIpc) is 2.46. The van der Waals surface area contributed by atoms with Crippen molar-refractivity contribution in [3.05, 3.63) is 53.3 Å². The number of hydrogen-bond donors (Lipinski definition) is 2. The van der Waals surface area contributed by atoms with Crippen molar-refractivity contribution in [2.24, 2.45) is 0 Å². The fraction of sp³-hybridized carbons (Fsp3) is 0.0714. The van der Waals surface area contributed by atoms with Crippen molar-refractivity contribution in [1.82, 2.24) is 4.98 Å². The van der Waals surface area contributed by atoms with Gasteiger partial charge in [-0.15, -0.1) is 11.8 Å². The van der Waals surface area contributed by atoms with Crippen molar-refractivity contribution in [2.75, 3.05) is 11.1 Å². The van der Waals surface area contributed by atoms with Crippen molar-refractivity contribution in [3.8, 4) is 0 Å². The molecule has 0 bridgehead atoms. The van der Waals surface area contributed by atoms with Crippen molar-refractivity contribution in [1.29, 1.82) is 0 Å². The van der Waals surface area contributed by atoms with Crippen LogP contribution >= 0.6 is 23.4 Å². The zero-order valence-electron chi connectivity index (χ0n) is 10.7. The summed E-state index contributed by atoms with van der Waals surface area (Å²) in [5.41, 5.74) is 0.464. The Kier molecular flexibility index (Phi) is 5.19. The monoisotopic (exact) mass is 322 g/mol. The minimum absolute atomic E-state index is 0.000765. The third-order valence-electron chi connectivity index (χ3n) is 2.50. The van der Waals surface area contributed by atoms with Crippen LogP contribution in [0.2, 0.25) is 5.02 Å². The number of pyridine rings is 1. The standard InChI is InChI=1S/C14H11ClN2O3S/c15-12-7-9(1-2-11(12)14(19)20)17-13(18)8-21-10-3-5-16-6-4-10/h1-7H,8H2,(H,17,18)(H,19,20). The van der Waals surface area contributed by atoms with E-state index in [2.05, 4.69) is 10.3 Å². The predicted molar refractivity (Wildman–Crippen MR) is 82.0 cm³/mol. The molecule has 7 heteroatoms. The Hall–Kier alpha value is -2.05. The Morgan fingerprint density at radius 2 is 1.95 bits per heavy atom. The first-order valence-corrected chi connectivity index (χ1v) is 7.28. The number of anilines is 1. The number of hydrogen-bond acceptors (Lipinski definition) is 4. The summed E-state index contributed by atoms with van der Waals surface area (Å²) in [6, 6.07) is 7.91. The van der Waals surface area contributed by atoms with Crippen LogP contribution in [0.15, 0.2) is 47.6 Å². The third-order valence-corrected chi connectivity index (χ3v) is 3.83. The molecule has 0 aliphatic carbocycles. The van der Waals surface area contributed by atoms with Gasteiger partial charge in [-0.3, -0.25) is 9.78 Å². The molecule has 0 aliphatic heterocycles. The molecule has 1 heterocycles. The van der Waals surface area contributed by atoms with E-state index >= 15 is 0 Å². The lowest BCUT2D eigenvalue weighted by Gasteiger charge is -2.07. The zero-order chi connectivity index (χ0) is 15.2. The summed E-state index contributed by atoms with van der Waals surface area (Å²) in [5.74, 6) is -1.07. The number of carbonyl (C=O) groups is 2. The van der Waals surface area contributed by atoms with Crippen LogP contribution in [-0.2, 0) is 4.79 Å². The lowest BCUT2D eigenvalue weighted by atomic mass is 10.2. The molecule has 0 fully saturated rings. The largest absolute Gasteiger partial charge is 0.478 e. The van der Waals surface area contributed by atoms with Crippen LogP contribution in [0.25, 0.3) is 0 Å². The van der Waals surface area contributed by atoms with Gasteiger partial charge in [0.1, 0.15) is 0 Å². The second kappa shape index (κ2) is 7.10. The van der Waals surface area contributed by atoms with E-state index in [1.54, 1.807) is 12.4 Å². The Bertz CT molecular complexity index is 665. The average molecular weight is 323 g/mol. The highest BCUT2D eigenvalue weighted by Crippen LogP contribution is 2.22. The van der Waals surface area contributed by atoms with E-state index < -0.39 is 5.97 Å². The first-order valence-electron chi connectivity index (χ1n) is 5.92. The molecule has 1 aromatic heterocycles. The summed E-state index contributed by atoms with van der Waals surface area (Å²) in [4.78, 5) is 27.5. The van der Waals surface area contributed by atoms with E-state index in [4.69, 9.17) is 16.7 Å². The SMILES string of the molecule is O=C(CSc1ccncc1)Nc1ccc(C(=O)O)c(Cl)c1. The smallest absolute Gasteiger partial charge is 0.337 e. The van der Waals surface area contributed by atoms with Gasteiger partial charge in [-0.25, -0.2) is 4.79 Å². The van der Waals surface area contributed by atoms with Gasteiger partial charge in [0.25, 0.3) is 0 Å². The lowest BCUT2D eigenvalue weighted by molar-refractivity contribution is -0.113. The number of halogens is 1. The van der Waals surface area contributed by atoms with Crippen LogP contribution in [0.1, 0.15) is 10.4 Å². The quantitative estimate of drug-likeness (QED) is 0.827. The normalized spacial score (nSPS) is 10.1. The molecule has 1 amide bonds. The molecule has 0 saturated carbocycles. The molecule has 1 aromatic carbocycles. The van der Waals surface area contributed by atoms with Crippen LogP contribution < -0.4 is 5.32 Å². The molecule has 2 aromatic rings. The first-order chi connectivity index (χ1) is 10.1. The van der Waals surface area contributed by atoms with Crippen molar-refractivity contribution >= 4 is 40.9 Å². The third kappa shape index (κ3) is 4.47. The first kappa shape index (κ1) is 15.3. The molecule has 5 nitrogen and oxygen atoms in total. The Labute approximate surface area is 130 Å². The van der Waals surface area contributed by atoms with E-state index in [1.807, 2.05) is 12.1 Å². The molecule has 108 valence electrons. The summed E-state index contributed by atoms with van der Waals surface area (Å²) in [6.45, 7) is 0. The summed E-state index contributed by atoms with van der Waals surface area (Å²) >= 11 is 7.22. The van der Waals surface area contributed by atoms with Gasteiger partial charge in [-0.05, 0) is 30.3 Å². The highest BCUT2D eigenvalue weighted by Gasteiger charge is 2.10. The number of amides is 1. The van der Waals surface area contributed by atoms with Gasteiger partial charge < -0.3 is 10.4 Å². The van der Waals surface area contributed by atoms with E-state index in [0.29, 0.717) is 5.69 Å². The number of carbonyl (C=O) groups excluding carboxylic acids is 1. The highest BCUT2D eigenvalue weighted by atomic mass is 35.5. The number of aromatic carboxylic acids is 1. The van der Waals surface area contributed by atoms with Crippen LogP contribution in [0.4, 0.5) is 5.69 Å². The van der Waals surface area contributed by atoms with Crippen molar-refractivity contribution < 1.29 is 14.7 Å². The fourth-order valence-electron chi connectivity index (χ4n) is 1.55. The number of nitrogens with one attached hydrogen (secondary N) is 1. The van der Waals surface area contributed by atoms with Crippen LogP contribution in [-0.4, -0.2) is 27.7 Å². The van der Waals surface area contributed by atoms with Crippen molar-refractivity contribution in [3.63, 3.8) is 0 Å². The Morgan fingerprint density at radius 1 is 1.24 bits per heavy atom. The van der Waals surface area contributed by atoms with Gasteiger partial charge in [-0.2, -0.15) is 0 Å². The molecule has 0 atom stereocenters. The molecule has 0 spiro atoms. The molecule has 0 unspecified atom stereocenters. The molecule has 0 radical (unpaired) electrons. The minimum Gasteiger partial charge on any atom is -0.478 e. The second-order valence-corrected chi connectivity index (χ2v) is 5.48. The van der Waals surface area contributed by atoms with Crippen molar-refractivity contribution in [2.45, 2.75) is 4.90 Å². The maximum atomic E-state index is 11.8. The van der Waals surface area contributed by atoms with Gasteiger partial charge in [-0.1, -0.05) is 11.6 Å². The predicted octanol–water partition coefficient (Wildman–Crippen LogP) is 3.16. The number of nitrogens with zero attached hydrogens (tertiary/aromatic N) is 1. The topological polar surface area (TPSA) is 79.3 Å². The highest BCUT2D eigenvalue weighted by molar-refractivity contribution is 8.00. The van der Waals surface area contributed by atoms with Gasteiger partial charge >= 0.3 is 5.97 Å². The lowest BCUT2D eigenvalue weighted by Crippen LogP contribution is -2.14. The fourth-order valence-corrected chi connectivity index (χ4v) is 2.49. The van der Waals surface area contributed by atoms with Crippen LogP contribution in [0.5, 0.6) is 0 Å². The number of carboxylic acids is 1. The maximum Gasteiger partial charge on any atom is 0.337 e. The number of aromatic nitrogens is 1. The maximum absolute atomic E-state index is 11.8. The molecular formula is C14H11ClN2O3S. The number of carboxylic acid groups (broad SMARTS) is 1. The number of rotatable bonds is 5. The minimum atomic E-state index is -1.11. The van der Waals surface area contributed by atoms with Gasteiger partial charge in [0.15, 0.2) is 0 Å². The van der Waals surface area contributed by atoms with E-state index in [9.17, 15) is 9.59 Å². The molecule has 0 saturated heterocycles. The summed E-state index contributed by atoms with van der Waals surface area (Å²) in [7, 11) is 0. The molecule has 2 rings (SSSR count). The summed E-state index contributed by atoms with van der Waals surface area (Å²) in [5, 5.41) is 11.6. The molecular weight excluding hydrogens is 312 g/mol. The number of benzene rings is 1. The van der Waals surface area contributed by atoms with E-state index in [0.717, 1.165) is 4.90 Å². The summed E-state index contributed by atoms with van der Waals surface area (Å²) < 4.78 is 0. The zero-order valence-corrected chi connectivity index (χ0v) is 12.3. The Morgan fingerprint density at radius 3 is 2.57 bits per heavy atom. The second-order valence-electron chi connectivity index (χ2n) is 4.02. The molecule has 2 N–H and O–H groups in total. The Balaban J connectivity index is 1.94. The number of thioether (sulfide) groups is 1. The van der Waals surface area contributed by atoms with E-state index in [-0.39, 0.29) is 22.2 Å². The molecule has 21 heavy (non-hydrogen) atoms. The molecule has 0 aliphatic rings. The van der Waals surface area contributed by atoms with Crippen LogP contribution in [0, 0.1) is 0 Å². The van der Waals surface area contributed by atoms with Crippen LogP contribution in [0.3, 0.4) is 0 Å². The summed E-state index contributed by atoms with van der Waals surface area (Å²) in [6.07, 6.45) is 3.31. The van der Waals surface area contributed by atoms with Gasteiger partial charge in [0.2, 0.25) is 5.91 Å².